The van der Waals surface area contributed by atoms with E-state index in [2.05, 4.69) is 4.52 Å². The van der Waals surface area contributed by atoms with E-state index in [0.717, 1.165) is 0 Å². The number of carbonyl (C=O) groups is 1. The van der Waals surface area contributed by atoms with Gasteiger partial charge in [0.15, 0.2) is 0 Å². The average Bonchev–Trinajstić information content (AvgIpc) is 1.65. The van der Waals surface area contributed by atoms with Crippen LogP contribution in [-0.2, 0) is 13.9 Å². The Labute approximate surface area is 70.9 Å². The van der Waals surface area contributed by atoms with Gasteiger partial charge in [-0.2, -0.15) is 0 Å². The molecular weight excluding hydrogens is 138 g/mol. The molecule has 0 aromatic carbocycles. The molecule has 0 aliphatic carbocycles. The number of carbonyl (C=O) groups excluding carboxylic acids is 1. The van der Waals surface area contributed by atoms with Gasteiger partial charge in [0.1, 0.15) is 0 Å². The van der Waals surface area contributed by atoms with Crippen LogP contribution < -0.4 is 0 Å². The monoisotopic (exact) mass is 146 g/mol. The summed E-state index contributed by atoms with van der Waals surface area (Å²) in [5.41, 5.74) is -0.382. The van der Waals surface area contributed by atoms with Crippen LogP contribution in [0.25, 0.3) is 0 Å². The molecule has 3 nitrogen and oxygen atoms in total. The molecule has 0 aromatic rings. The summed E-state index contributed by atoms with van der Waals surface area (Å²) < 4.78 is 14.3. The zero-order valence-corrected chi connectivity index (χ0v) is 5.22. The first-order valence-electron chi connectivity index (χ1n) is 1.77. The van der Waals surface area contributed by atoms with E-state index in [1.54, 1.807) is 0 Å². The molecule has 0 fully saturated rings. The Morgan fingerprint density at radius 3 is 2.00 bits per heavy atom. The molecule has 44 valence electrons. The Balaban J connectivity index is 0. The van der Waals surface area contributed by atoms with E-state index in [4.69, 9.17) is 0 Å². The molecule has 5 heteroatoms. The van der Waals surface area contributed by atoms with Gasteiger partial charge in [-0.25, -0.2) is 0 Å². The van der Waals surface area contributed by atoms with Gasteiger partial charge >= 0.3 is 29.6 Å². The molecule has 0 aliphatic rings. The van der Waals surface area contributed by atoms with Crippen LogP contribution in [0.1, 0.15) is 6.92 Å². The number of rotatable bonds is 2. The zero-order chi connectivity index (χ0) is 5.86. The van der Waals surface area contributed by atoms with E-state index in [0.29, 0.717) is 0 Å². The summed E-state index contributed by atoms with van der Waals surface area (Å²) in [4.78, 5) is 9.98. The standard InChI is InChI=1S/C3H7O3P.Na.H/c1-3(4)7(5)6-2;;/h7H,1-2H3;;. The van der Waals surface area contributed by atoms with Gasteiger partial charge in [-0.1, -0.05) is 0 Å². The second kappa shape index (κ2) is 5.99. The van der Waals surface area contributed by atoms with Crippen molar-refractivity contribution in [3.63, 3.8) is 0 Å². The first-order chi connectivity index (χ1) is 3.18. The van der Waals surface area contributed by atoms with Gasteiger partial charge in [-0.05, 0) is 0 Å². The molecule has 0 N–H and O–H groups in total. The van der Waals surface area contributed by atoms with Gasteiger partial charge in [0, 0.05) is 14.0 Å². The van der Waals surface area contributed by atoms with Gasteiger partial charge in [0.2, 0.25) is 5.52 Å². The molecule has 1 atom stereocenters. The molecule has 0 saturated heterocycles. The molecule has 0 heterocycles. The van der Waals surface area contributed by atoms with E-state index in [9.17, 15) is 9.36 Å². The summed E-state index contributed by atoms with van der Waals surface area (Å²) in [6, 6.07) is 0. The zero-order valence-electron chi connectivity index (χ0n) is 4.22. The molecule has 8 heavy (non-hydrogen) atoms. The second-order valence-electron chi connectivity index (χ2n) is 1.05. The maximum atomic E-state index is 10.1. The van der Waals surface area contributed by atoms with Crippen molar-refractivity contribution in [1.82, 2.24) is 0 Å². The normalized spacial score (nSPS) is 11.8. The molecule has 0 bridgehead atoms. The predicted molar refractivity (Wildman–Crippen MR) is 33.8 cm³/mol. The second-order valence-corrected chi connectivity index (χ2v) is 2.74. The minimum absolute atomic E-state index is 0. The average molecular weight is 146 g/mol. The first kappa shape index (κ1) is 11.6. The van der Waals surface area contributed by atoms with Crippen molar-refractivity contribution >= 4 is 43.1 Å². The van der Waals surface area contributed by atoms with Crippen LogP contribution in [-0.4, -0.2) is 42.2 Å². The topological polar surface area (TPSA) is 43.4 Å². The minimum atomic E-state index is -2.33. The third-order valence-electron chi connectivity index (χ3n) is 0.473. The van der Waals surface area contributed by atoms with Gasteiger partial charge in [-0.3, -0.25) is 9.36 Å². The maximum absolute atomic E-state index is 10.1. The van der Waals surface area contributed by atoms with Crippen LogP contribution in [0.4, 0.5) is 0 Å². The Morgan fingerprint density at radius 2 is 2.00 bits per heavy atom. The summed E-state index contributed by atoms with van der Waals surface area (Å²) in [6.45, 7) is 1.24. The van der Waals surface area contributed by atoms with Crippen LogP contribution >= 0.6 is 8.03 Å². The number of hydrogen-bond acceptors (Lipinski definition) is 3. The molecule has 0 rings (SSSR count). The molecular formula is C3H8NaO3P. The summed E-state index contributed by atoms with van der Waals surface area (Å²) in [5, 5.41) is 0. The van der Waals surface area contributed by atoms with Crippen molar-refractivity contribution in [2.75, 3.05) is 7.11 Å². The summed E-state index contributed by atoms with van der Waals surface area (Å²) in [6.07, 6.45) is 0. The molecule has 1 unspecified atom stereocenters. The molecule has 0 aliphatic heterocycles. The van der Waals surface area contributed by atoms with Crippen LogP contribution in [0.15, 0.2) is 0 Å². The molecule has 0 saturated carbocycles. The number of hydrogen-bond donors (Lipinski definition) is 0. The van der Waals surface area contributed by atoms with Gasteiger partial charge < -0.3 is 4.52 Å². The van der Waals surface area contributed by atoms with Crippen molar-refractivity contribution in [3.8, 4) is 0 Å². The van der Waals surface area contributed by atoms with E-state index < -0.39 is 8.03 Å². The summed E-state index contributed by atoms with van der Waals surface area (Å²) in [7, 11) is -1.08. The molecule has 0 spiro atoms. The Bertz CT molecular complexity index is 103. The Hall–Kier alpha value is 0.860. The first-order valence-corrected chi connectivity index (χ1v) is 3.09. The van der Waals surface area contributed by atoms with Crippen molar-refractivity contribution in [1.29, 1.82) is 0 Å². The fraction of sp³-hybridized carbons (Fsp3) is 0.667. The van der Waals surface area contributed by atoms with Crippen molar-refractivity contribution in [3.05, 3.63) is 0 Å². The van der Waals surface area contributed by atoms with Crippen LogP contribution in [0.3, 0.4) is 0 Å². The van der Waals surface area contributed by atoms with Crippen molar-refractivity contribution in [2.24, 2.45) is 0 Å². The van der Waals surface area contributed by atoms with Crippen molar-refractivity contribution < 1.29 is 13.9 Å². The Kier molecular flexibility index (Phi) is 8.70. The van der Waals surface area contributed by atoms with Gasteiger partial charge in [-0.15, -0.1) is 0 Å². The van der Waals surface area contributed by atoms with Crippen LogP contribution in [0, 0.1) is 0 Å². The Morgan fingerprint density at radius 1 is 1.62 bits per heavy atom. The third kappa shape index (κ3) is 5.01. The SMILES string of the molecule is CO[PH](=O)C(C)=O.[NaH]. The van der Waals surface area contributed by atoms with E-state index in [1.165, 1.54) is 14.0 Å². The van der Waals surface area contributed by atoms with E-state index >= 15 is 0 Å². The van der Waals surface area contributed by atoms with Crippen LogP contribution in [0.2, 0.25) is 0 Å². The third-order valence-corrected chi connectivity index (χ3v) is 1.42. The fourth-order valence-corrected chi connectivity index (χ4v) is 0.431. The van der Waals surface area contributed by atoms with E-state index in [-0.39, 0.29) is 35.1 Å². The van der Waals surface area contributed by atoms with Gasteiger partial charge in [0.05, 0.1) is 0 Å². The van der Waals surface area contributed by atoms with Crippen molar-refractivity contribution in [2.45, 2.75) is 6.92 Å². The molecule has 0 amide bonds. The molecule has 0 aromatic heterocycles. The van der Waals surface area contributed by atoms with Crippen LogP contribution in [0.5, 0.6) is 0 Å². The molecule has 0 radical (unpaired) electrons. The summed E-state index contributed by atoms with van der Waals surface area (Å²) in [5.74, 6) is 0. The quantitative estimate of drug-likeness (QED) is 0.407. The summed E-state index contributed by atoms with van der Waals surface area (Å²) >= 11 is 0. The van der Waals surface area contributed by atoms with Gasteiger partial charge in [0.25, 0.3) is 8.03 Å². The fourth-order valence-electron chi connectivity index (χ4n) is 0.144. The predicted octanol–water partition coefficient (Wildman–Crippen LogP) is 0.00550. The van der Waals surface area contributed by atoms with E-state index in [1.807, 2.05) is 0 Å².